The molecule has 6 heteroatoms. The van der Waals surface area contributed by atoms with Crippen LogP contribution >= 0.6 is 15.9 Å². The number of hydrogen-bond acceptors (Lipinski definition) is 4. The number of aromatic hydroxyl groups is 1. The number of phenolic OH excluding ortho intramolecular Hbond substituents is 1. The number of ether oxygens (including phenoxy) is 1. The average Bonchev–Trinajstić information content (AvgIpc) is 2.62. The van der Waals surface area contributed by atoms with Crippen LogP contribution in [0.25, 0.3) is 10.8 Å². The minimum atomic E-state index is -0.319. The summed E-state index contributed by atoms with van der Waals surface area (Å²) in [7, 11) is 1.57. The second-order valence-electron chi connectivity index (χ2n) is 5.68. The third kappa shape index (κ3) is 4.21. The molecule has 0 saturated heterocycles. The molecule has 0 aliphatic carbocycles. The Kier molecular flexibility index (Phi) is 5.53. The summed E-state index contributed by atoms with van der Waals surface area (Å²) in [5, 5.41) is 16.0. The number of fused-ring (bicyclic) bond motifs is 1. The van der Waals surface area contributed by atoms with Crippen molar-refractivity contribution in [3.05, 3.63) is 70.2 Å². The molecule has 0 saturated carbocycles. The Hall–Kier alpha value is -2.86. The topological polar surface area (TPSA) is 70.9 Å². The second kappa shape index (κ2) is 8.01. The summed E-state index contributed by atoms with van der Waals surface area (Å²) in [5.41, 5.74) is 3.76. The van der Waals surface area contributed by atoms with E-state index < -0.39 is 0 Å². The number of halogens is 1. The molecule has 0 fully saturated rings. The molecule has 0 bridgehead atoms. The highest BCUT2D eigenvalue weighted by atomic mass is 79.9. The zero-order chi connectivity index (χ0) is 18.5. The van der Waals surface area contributed by atoms with Gasteiger partial charge in [-0.15, -0.1) is 0 Å². The number of carbonyl (C=O) groups excluding carboxylic acids is 1. The number of benzene rings is 3. The van der Waals surface area contributed by atoms with Crippen molar-refractivity contribution in [3.8, 4) is 11.5 Å². The quantitative estimate of drug-likeness (QED) is 0.491. The lowest BCUT2D eigenvalue weighted by molar-refractivity contribution is -0.120. The van der Waals surface area contributed by atoms with Gasteiger partial charge in [0.2, 0.25) is 5.91 Å². The highest BCUT2D eigenvalue weighted by Crippen LogP contribution is 2.25. The van der Waals surface area contributed by atoms with Crippen LogP contribution in [0.3, 0.4) is 0 Å². The zero-order valence-electron chi connectivity index (χ0n) is 14.1. The van der Waals surface area contributed by atoms with Gasteiger partial charge in [-0.3, -0.25) is 4.79 Å². The van der Waals surface area contributed by atoms with Crippen LogP contribution < -0.4 is 10.2 Å². The predicted octanol–water partition coefficient (Wildman–Crippen LogP) is 4.01. The van der Waals surface area contributed by atoms with Gasteiger partial charge in [0.05, 0.1) is 19.7 Å². The maximum atomic E-state index is 12.1. The van der Waals surface area contributed by atoms with Gasteiger partial charge in [0, 0.05) is 15.6 Å². The van der Waals surface area contributed by atoms with Crippen LogP contribution in [0.5, 0.6) is 11.5 Å². The minimum Gasteiger partial charge on any atom is -0.508 e. The normalized spacial score (nSPS) is 11.0. The highest BCUT2D eigenvalue weighted by Gasteiger charge is 2.09. The van der Waals surface area contributed by atoms with Gasteiger partial charge in [0.15, 0.2) is 0 Å². The number of methoxy groups -OCH3 is 1. The van der Waals surface area contributed by atoms with Crippen LogP contribution in [0.15, 0.2) is 64.2 Å². The smallest absolute Gasteiger partial charge is 0.244 e. The van der Waals surface area contributed by atoms with E-state index >= 15 is 0 Å². The summed E-state index contributed by atoms with van der Waals surface area (Å²) >= 11 is 3.39. The van der Waals surface area contributed by atoms with Crippen molar-refractivity contribution < 1.29 is 14.6 Å². The molecule has 0 unspecified atom stereocenters. The Labute approximate surface area is 159 Å². The van der Waals surface area contributed by atoms with Crippen LogP contribution in [0.1, 0.15) is 11.1 Å². The molecule has 132 valence electrons. The fourth-order valence-corrected chi connectivity index (χ4v) is 2.99. The fourth-order valence-electron chi connectivity index (χ4n) is 2.61. The van der Waals surface area contributed by atoms with Gasteiger partial charge in [0.25, 0.3) is 0 Å². The Morgan fingerprint density at radius 2 is 1.92 bits per heavy atom. The summed E-state index contributed by atoms with van der Waals surface area (Å²) in [6.07, 6.45) is 1.55. The van der Waals surface area contributed by atoms with E-state index in [4.69, 9.17) is 4.74 Å². The Morgan fingerprint density at radius 3 is 2.65 bits per heavy atom. The summed E-state index contributed by atoms with van der Waals surface area (Å²) < 4.78 is 6.13. The highest BCUT2D eigenvalue weighted by molar-refractivity contribution is 9.10. The van der Waals surface area contributed by atoms with E-state index in [1.54, 1.807) is 19.2 Å². The van der Waals surface area contributed by atoms with Crippen molar-refractivity contribution in [2.45, 2.75) is 6.42 Å². The van der Waals surface area contributed by atoms with Crippen LogP contribution in [-0.2, 0) is 11.2 Å². The number of hydrazone groups is 1. The van der Waals surface area contributed by atoms with E-state index in [1.807, 2.05) is 42.5 Å². The lowest BCUT2D eigenvalue weighted by Gasteiger charge is -2.07. The average molecular weight is 413 g/mol. The van der Waals surface area contributed by atoms with Crippen molar-refractivity contribution in [1.82, 2.24) is 5.43 Å². The Balaban J connectivity index is 1.70. The fraction of sp³-hybridized carbons (Fsp3) is 0.100. The van der Waals surface area contributed by atoms with E-state index in [1.165, 1.54) is 6.21 Å². The number of nitrogens with one attached hydrogen (secondary N) is 1. The molecule has 0 heterocycles. The molecule has 0 atom stereocenters. The van der Waals surface area contributed by atoms with E-state index in [2.05, 4.69) is 26.5 Å². The molecule has 0 aliphatic heterocycles. The lowest BCUT2D eigenvalue weighted by Crippen LogP contribution is -2.19. The van der Waals surface area contributed by atoms with Gasteiger partial charge >= 0.3 is 0 Å². The number of carbonyl (C=O) groups is 1. The molecule has 26 heavy (non-hydrogen) atoms. The third-order valence-electron chi connectivity index (χ3n) is 3.88. The van der Waals surface area contributed by atoms with Gasteiger partial charge in [-0.05, 0) is 41.1 Å². The molecule has 1 amide bonds. The first-order valence-corrected chi connectivity index (χ1v) is 8.72. The van der Waals surface area contributed by atoms with Crippen LogP contribution in [0.4, 0.5) is 0 Å². The Bertz CT molecular complexity index is 986. The molecule has 0 radical (unpaired) electrons. The molecule has 0 spiro atoms. The number of hydrogen-bond donors (Lipinski definition) is 2. The third-order valence-corrected chi connectivity index (χ3v) is 4.38. The van der Waals surface area contributed by atoms with Gasteiger partial charge < -0.3 is 9.84 Å². The molecule has 0 aromatic heterocycles. The van der Waals surface area contributed by atoms with Crippen molar-refractivity contribution in [2.75, 3.05) is 7.11 Å². The number of nitrogens with zero attached hydrogens (tertiary/aromatic N) is 1. The van der Waals surface area contributed by atoms with Gasteiger partial charge in [0.1, 0.15) is 11.5 Å². The molecule has 3 aromatic rings. The summed E-state index contributed by atoms with van der Waals surface area (Å²) in [4.78, 5) is 12.1. The van der Waals surface area contributed by atoms with Crippen molar-refractivity contribution in [2.24, 2.45) is 5.10 Å². The second-order valence-corrected chi connectivity index (χ2v) is 6.60. The van der Waals surface area contributed by atoms with Crippen molar-refractivity contribution in [3.63, 3.8) is 0 Å². The molecule has 3 aromatic carbocycles. The number of amides is 1. The van der Waals surface area contributed by atoms with Crippen molar-refractivity contribution >= 4 is 38.8 Å². The molecule has 0 aliphatic rings. The SMILES string of the molecule is COc1ccc(Br)cc1/C=N/NC(=O)Cc1cc2ccccc2cc1O. The van der Waals surface area contributed by atoms with Gasteiger partial charge in [-0.2, -0.15) is 5.10 Å². The van der Waals surface area contributed by atoms with Crippen LogP contribution in [0.2, 0.25) is 0 Å². The van der Waals surface area contributed by atoms with Crippen LogP contribution in [-0.4, -0.2) is 24.3 Å². The predicted molar refractivity (Wildman–Crippen MR) is 106 cm³/mol. The Morgan fingerprint density at radius 1 is 1.19 bits per heavy atom. The number of rotatable bonds is 5. The first-order chi connectivity index (χ1) is 12.6. The molecule has 5 nitrogen and oxygen atoms in total. The van der Waals surface area contributed by atoms with Crippen molar-refractivity contribution in [1.29, 1.82) is 0 Å². The summed E-state index contributed by atoms with van der Waals surface area (Å²) in [6, 6.07) is 16.6. The minimum absolute atomic E-state index is 0.0314. The molecule has 2 N–H and O–H groups in total. The lowest BCUT2D eigenvalue weighted by atomic mass is 10.0. The maximum absolute atomic E-state index is 12.1. The number of phenols is 1. The van der Waals surface area contributed by atoms with E-state index in [0.717, 1.165) is 20.8 Å². The van der Waals surface area contributed by atoms with Gasteiger partial charge in [-0.1, -0.05) is 40.2 Å². The van der Waals surface area contributed by atoms with E-state index in [-0.39, 0.29) is 18.1 Å². The van der Waals surface area contributed by atoms with Crippen LogP contribution in [0, 0.1) is 0 Å². The maximum Gasteiger partial charge on any atom is 0.244 e. The van der Waals surface area contributed by atoms with E-state index in [0.29, 0.717) is 11.3 Å². The monoisotopic (exact) mass is 412 g/mol. The largest absolute Gasteiger partial charge is 0.508 e. The summed E-state index contributed by atoms with van der Waals surface area (Å²) in [5.74, 6) is 0.427. The standard InChI is InChI=1S/C20H17BrN2O3/c1-26-19-7-6-17(21)9-16(19)12-22-23-20(25)11-15-8-13-4-2-3-5-14(13)10-18(15)24/h2-10,12,24H,11H2,1H3,(H,23,25)/b22-12+. The molecule has 3 rings (SSSR count). The first-order valence-electron chi connectivity index (χ1n) is 7.93. The first kappa shape index (κ1) is 17.9. The zero-order valence-corrected chi connectivity index (χ0v) is 15.7. The van der Waals surface area contributed by atoms with Gasteiger partial charge in [-0.25, -0.2) is 5.43 Å². The molecular weight excluding hydrogens is 396 g/mol. The summed E-state index contributed by atoms with van der Waals surface area (Å²) in [6.45, 7) is 0. The van der Waals surface area contributed by atoms with E-state index in [9.17, 15) is 9.90 Å². The molecular formula is C20H17BrN2O3.